The summed E-state index contributed by atoms with van der Waals surface area (Å²) >= 11 is 1.76. The lowest BCUT2D eigenvalue weighted by Crippen LogP contribution is -2.47. The second-order valence-corrected chi connectivity index (χ2v) is 6.09. The van der Waals surface area contributed by atoms with Crippen molar-refractivity contribution in [1.29, 1.82) is 0 Å². The number of carbonyl (C=O) groups is 2. The molecule has 0 aromatic heterocycles. The summed E-state index contributed by atoms with van der Waals surface area (Å²) in [5.41, 5.74) is 0. The van der Waals surface area contributed by atoms with Gasteiger partial charge in [0.25, 0.3) is 0 Å². The molecule has 1 saturated heterocycles. The number of likely N-dealkylation sites (tertiary alicyclic amines) is 1. The molecule has 18 heavy (non-hydrogen) atoms. The number of hydrogen-bond acceptors (Lipinski definition) is 3. The normalized spacial score (nSPS) is 24.9. The van der Waals surface area contributed by atoms with Gasteiger partial charge < -0.3 is 15.3 Å². The first-order valence-electron chi connectivity index (χ1n) is 6.27. The molecule has 1 aliphatic heterocycles. The molecule has 0 aromatic carbocycles. The van der Waals surface area contributed by atoms with Crippen molar-refractivity contribution < 1.29 is 14.7 Å². The zero-order chi connectivity index (χ0) is 13.7. The number of amides is 2. The average molecular weight is 274 g/mol. The number of carbonyl (C=O) groups excluding carboxylic acids is 1. The van der Waals surface area contributed by atoms with Gasteiger partial charge in [0, 0.05) is 18.3 Å². The highest BCUT2D eigenvalue weighted by Crippen LogP contribution is 2.24. The summed E-state index contributed by atoms with van der Waals surface area (Å²) in [6.45, 7) is 5.11. The largest absolute Gasteiger partial charge is 0.480 e. The molecule has 104 valence electrons. The summed E-state index contributed by atoms with van der Waals surface area (Å²) < 4.78 is 0. The fraction of sp³-hybridized carbons (Fsp3) is 0.833. The van der Waals surface area contributed by atoms with Crippen molar-refractivity contribution in [3.8, 4) is 0 Å². The zero-order valence-corrected chi connectivity index (χ0v) is 12.0. The van der Waals surface area contributed by atoms with E-state index in [0.29, 0.717) is 18.3 Å². The predicted molar refractivity (Wildman–Crippen MR) is 72.9 cm³/mol. The number of carboxylic acids is 1. The van der Waals surface area contributed by atoms with E-state index in [4.69, 9.17) is 5.11 Å². The highest BCUT2D eigenvalue weighted by atomic mass is 32.2. The third-order valence-corrected chi connectivity index (χ3v) is 4.48. The van der Waals surface area contributed by atoms with E-state index in [2.05, 4.69) is 12.2 Å². The second-order valence-electron chi connectivity index (χ2n) is 4.81. The minimum Gasteiger partial charge on any atom is -0.480 e. The first-order chi connectivity index (χ1) is 8.47. The van der Waals surface area contributed by atoms with Crippen LogP contribution in [0.15, 0.2) is 0 Å². The molecule has 5 nitrogen and oxygen atoms in total. The van der Waals surface area contributed by atoms with Crippen LogP contribution in [0.4, 0.5) is 4.79 Å². The fourth-order valence-electron chi connectivity index (χ4n) is 2.15. The maximum atomic E-state index is 11.9. The van der Waals surface area contributed by atoms with Crippen LogP contribution >= 0.6 is 11.8 Å². The van der Waals surface area contributed by atoms with Crippen LogP contribution in [0.3, 0.4) is 0 Å². The summed E-state index contributed by atoms with van der Waals surface area (Å²) in [7, 11) is 0. The minimum atomic E-state index is -0.910. The van der Waals surface area contributed by atoms with Crippen LogP contribution in [-0.2, 0) is 4.79 Å². The van der Waals surface area contributed by atoms with Gasteiger partial charge in [-0.1, -0.05) is 13.8 Å². The first kappa shape index (κ1) is 15.1. The van der Waals surface area contributed by atoms with Gasteiger partial charge in [-0.05, 0) is 25.0 Å². The zero-order valence-electron chi connectivity index (χ0n) is 11.2. The number of nitrogens with zero attached hydrogens (tertiary/aromatic N) is 1. The molecule has 1 heterocycles. The number of urea groups is 1. The van der Waals surface area contributed by atoms with Gasteiger partial charge in [0.2, 0.25) is 0 Å². The Kier molecular flexibility index (Phi) is 5.78. The summed E-state index contributed by atoms with van der Waals surface area (Å²) in [5, 5.41) is 12.4. The molecular weight excluding hydrogens is 252 g/mol. The summed E-state index contributed by atoms with van der Waals surface area (Å²) in [4.78, 5) is 24.5. The molecule has 0 saturated carbocycles. The molecule has 1 aliphatic rings. The Labute approximate surface area is 112 Å². The molecule has 6 heteroatoms. The number of hydrogen-bond donors (Lipinski definition) is 2. The van der Waals surface area contributed by atoms with Crippen LogP contribution in [0.5, 0.6) is 0 Å². The number of thioether (sulfide) groups is 1. The van der Waals surface area contributed by atoms with E-state index in [1.54, 1.807) is 11.8 Å². The molecule has 0 radical (unpaired) electrons. The Hall–Kier alpha value is -0.910. The lowest BCUT2D eigenvalue weighted by atomic mass is 10.0. The minimum absolute atomic E-state index is 0.0263. The Morgan fingerprint density at radius 3 is 2.78 bits per heavy atom. The first-order valence-corrected chi connectivity index (χ1v) is 7.56. The Morgan fingerprint density at radius 1 is 1.56 bits per heavy atom. The van der Waals surface area contributed by atoms with E-state index in [9.17, 15) is 9.59 Å². The quantitative estimate of drug-likeness (QED) is 0.799. The summed E-state index contributed by atoms with van der Waals surface area (Å²) in [6.07, 6.45) is 3.69. The highest BCUT2D eigenvalue weighted by molar-refractivity contribution is 7.99. The van der Waals surface area contributed by atoms with Crippen molar-refractivity contribution in [2.75, 3.05) is 19.3 Å². The molecule has 0 aliphatic carbocycles. The van der Waals surface area contributed by atoms with E-state index >= 15 is 0 Å². The van der Waals surface area contributed by atoms with E-state index < -0.39 is 12.0 Å². The molecule has 3 atom stereocenters. The summed E-state index contributed by atoms with van der Waals surface area (Å²) in [5.74, 6) is -0.883. The molecule has 1 fully saturated rings. The predicted octanol–water partition coefficient (Wildman–Crippen LogP) is 1.63. The van der Waals surface area contributed by atoms with Crippen molar-refractivity contribution >= 4 is 23.8 Å². The topological polar surface area (TPSA) is 69.6 Å². The van der Waals surface area contributed by atoms with Crippen LogP contribution in [0.25, 0.3) is 0 Å². The van der Waals surface area contributed by atoms with Crippen LogP contribution in [0.2, 0.25) is 0 Å². The molecule has 0 bridgehead atoms. The van der Waals surface area contributed by atoms with Gasteiger partial charge in [-0.2, -0.15) is 11.8 Å². The van der Waals surface area contributed by atoms with Crippen molar-refractivity contribution in [3.63, 3.8) is 0 Å². The smallest absolute Gasteiger partial charge is 0.326 e. The number of carboxylic acid groups (broad SMARTS) is 1. The van der Waals surface area contributed by atoms with Gasteiger partial charge in [-0.15, -0.1) is 0 Å². The molecular formula is C12H22N2O3S. The van der Waals surface area contributed by atoms with Gasteiger partial charge in [-0.25, -0.2) is 9.59 Å². The molecule has 1 rings (SSSR count). The van der Waals surface area contributed by atoms with Crippen molar-refractivity contribution in [1.82, 2.24) is 10.2 Å². The van der Waals surface area contributed by atoms with Crippen molar-refractivity contribution in [2.24, 2.45) is 5.92 Å². The number of aliphatic carboxylic acids is 1. The van der Waals surface area contributed by atoms with Gasteiger partial charge in [-0.3, -0.25) is 0 Å². The van der Waals surface area contributed by atoms with Crippen molar-refractivity contribution in [3.05, 3.63) is 0 Å². The van der Waals surface area contributed by atoms with Crippen LogP contribution in [0.1, 0.15) is 26.7 Å². The maximum Gasteiger partial charge on any atom is 0.326 e. The van der Waals surface area contributed by atoms with E-state index in [1.165, 1.54) is 4.90 Å². The molecule has 0 spiro atoms. The van der Waals surface area contributed by atoms with Crippen LogP contribution in [-0.4, -0.2) is 52.6 Å². The Bertz CT molecular complexity index is 312. The molecule has 2 N–H and O–H groups in total. The van der Waals surface area contributed by atoms with Gasteiger partial charge in [0.15, 0.2) is 0 Å². The van der Waals surface area contributed by atoms with Crippen LogP contribution < -0.4 is 5.32 Å². The number of nitrogens with one attached hydrogen (secondary N) is 1. The molecule has 3 unspecified atom stereocenters. The third kappa shape index (κ3) is 3.80. The highest BCUT2D eigenvalue weighted by Gasteiger charge is 2.39. The maximum absolute atomic E-state index is 11.9. The SMILES string of the molecule is CSC(C)CCNC(=O)N1CCC(C)C1C(=O)O. The van der Waals surface area contributed by atoms with Crippen molar-refractivity contribution in [2.45, 2.75) is 38.0 Å². The molecule has 2 amide bonds. The number of rotatable bonds is 5. The van der Waals surface area contributed by atoms with E-state index in [1.807, 2.05) is 13.2 Å². The Morgan fingerprint density at radius 2 is 2.22 bits per heavy atom. The third-order valence-electron chi connectivity index (χ3n) is 3.44. The van der Waals surface area contributed by atoms with Gasteiger partial charge in [0.1, 0.15) is 6.04 Å². The monoisotopic (exact) mass is 274 g/mol. The fourth-order valence-corrected chi connectivity index (χ4v) is 2.51. The Balaban J connectivity index is 2.44. The van der Waals surface area contributed by atoms with Crippen LogP contribution in [0, 0.1) is 5.92 Å². The average Bonchev–Trinajstić information content (AvgIpc) is 2.70. The molecule has 0 aromatic rings. The van der Waals surface area contributed by atoms with E-state index in [-0.39, 0.29) is 11.9 Å². The standard InChI is InChI=1S/C12H22N2O3S/c1-8-5-7-14(10(8)11(15)16)12(17)13-6-4-9(2)18-3/h8-10H,4-7H2,1-3H3,(H,13,17)(H,15,16). The van der Waals surface area contributed by atoms with Gasteiger partial charge in [0.05, 0.1) is 0 Å². The van der Waals surface area contributed by atoms with E-state index in [0.717, 1.165) is 12.8 Å². The lowest BCUT2D eigenvalue weighted by Gasteiger charge is -2.23. The second kappa shape index (κ2) is 6.87. The van der Waals surface area contributed by atoms with Gasteiger partial charge >= 0.3 is 12.0 Å². The lowest BCUT2D eigenvalue weighted by molar-refractivity contribution is -0.142. The summed E-state index contributed by atoms with van der Waals surface area (Å²) in [6, 6.07) is -0.928.